The van der Waals surface area contributed by atoms with Crippen LogP contribution < -0.4 is 4.90 Å². The second-order valence-corrected chi connectivity index (χ2v) is 4.56. The first kappa shape index (κ1) is 9.70. The standard InChI is InChI=1S/C13H16N2O/c16-13-7-6-12-10-14(8-9-15(12)13)11-4-2-1-3-5-11/h1-5,12H,6-10H2/t12-/m0/s1. The van der Waals surface area contributed by atoms with E-state index < -0.39 is 0 Å². The predicted molar refractivity (Wildman–Crippen MR) is 63.4 cm³/mol. The van der Waals surface area contributed by atoms with E-state index in [1.165, 1.54) is 5.69 Å². The fourth-order valence-corrected chi connectivity index (χ4v) is 2.74. The minimum Gasteiger partial charge on any atom is -0.368 e. The molecule has 0 bridgehead atoms. The van der Waals surface area contributed by atoms with Crippen molar-refractivity contribution in [3.05, 3.63) is 30.3 Å². The quantitative estimate of drug-likeness (QED) is 0.710. The van der Waals surface area contributed by atoms with E-state index in [2.05, 4.69) is 34.1 Å². The van der Waals surface area contributed by atoms with E-state index >= 15 is 0 Å². The first-order valence-electron chi connectivity index (χ1n) is 5.94. The molecule has 2 saturated heterocycles. The summed E-state index contributed by atoms with van der Waals surface area (Å²) in [6, 6.07) is 10.9. The lowest BCUT2D eigenvalue weighted by molar-refractivity contribution is -0.129. The summed E-state index contributed by atoms with van der Waals surface area (Å²) in [6.45, 7) is 2.85. The van der Waals surface area contributed by atoms with Gasteiger partial charge in [0.05, 0.1) is 0 Å². The Morgan fingerprint density at radius 2 is 1.94 bits per heavy atom. The molecular weight excluding hydrogens is 200 g/mol. The topological polar surface area (TPSA) is 23.6 Å². The van der Waals surface area contributed by atoms with Crippen molar-refractivity contribution in [3.8, 4) is 0 Å². The number of carbonyl (C=O) groups is 1. The van der Waals surface area contributed by atoms with E-state index in [1.807, 2.05) is 6.07 Å². The fraction of sp³-hybridized carbons (Fsp3) is 0.462. The van der Waals surface area contributed by atoms with Gasteiger partial charge in [0.25, 0.3) is 0 Å². The number of para-hydroxylation sites is 1. The molecule has 2 heterocycles. The maximum absolute atomic E-state index is 11.6. The number of fused-ring (bicyclic) bond motifs is 1. The van der Waals surface area contributed by atoms with Gasteiger partial charge in [-0.2, -0.15) is 0 Å². The van der Waals surface area contributed by atoms with Crippen LogP contribution in [0.4, 0.5) is 5.69 Å². The van der Waals surface area contributed by atoms with E-state index in [0.29, 0.717) is 11.9 Å². The summed E-state index contributed by atoms with van der Waals surface area (Å²) >= 11 is 0. The molecule has 0 N–H and O–H groups in total. The largest absolute Gasteiger partial charge is 0.368 e. The Bertz CT molecular complexity index is 390. The summed E-state index contributed by atoms with van der Waals surface area (Å²) in [7, 11) is 0. The van der Waals surface area contributed by atoms with Crippen molar-refractivity contribution < 1.29 is 4.79 Å². The SMILES string of the molecule is O=C1CC[C@H]2CN(c3ccccc3)CCN12. The van der Waals surface area contributed by atoms with E-state index in [1.54, 1.807) is 0 Å². The molecule has 1 atom stereocenters. The Labute approximate surface area is 95.7 Å². The molecular formula is C13H16N2O. The van der Waals surface area contributed by atoms with E-state index in [4.69, 9.17) is 0 Å². The number of nitrogens with zero attached hydrogens (tertiary/aromatic N) is 2. The third kappa shape index (κ3) is 1.56. The van der Waals surface area contributed by atoms with E-state index in [0.717, 1.165) is 32.5 Å². The van der Waals surface area contributed by atoms with Crippen LogP contribution in [0.1, 0.15) is 12.8 Å². The van der Waals surface area contributed by atoms with Crippen LogP contribution in [0.15, 0.2) is 30.3 Å². The smallest absolute Gasteiger partial charge is 0.223 e. The molecule has 84 valence electrons. The molecule has 3 rings (SSSR count). The maximum atomic E-state index is 11.6. The number of hydrogen-bond acceptors (Lipinski definition) is 2. The zero-order valence-corrected chi connectivity index (χ0v) is 9.30. The average molecular weight is 216 g/mol. The zero-order valence-electron chi connectivity index (χ0n) is 9.30. The van der Waals surface area contributed by atoms with Gasteiger partial charge in [-0.25, -0.2) is 0 Å². The molecule has 0 aromatic heterocycles. The van der Waals surface area contributed by atoms with Crippen molar-refractivity contribution in [2.24, 2.45) is 0 Å². The summed E-state index contributed by atoms with van der Waals surface area (Å²) in [4.78, 5) is 16.0. The molecule has 3 heteroatoms. The van der Waals surface area contributed by atoms with Gasteiger partial charge in [-0.1, -0.05) is 18.2 Å². The fourth-order valence-electron chi connectivity index (χ4n) is 2.74. The van der Waals surface area contributed by atoms with Crippen LogP contribution in [-0.2, 0) is 4.79 Å². The highest BCUT2D eigenvalue weighted by molar-refractivity contribution is 5.79. The van der Waals surface area contributed by atoms with Crippen LogP contribution in [0.2, 0.25) is 0 Å². The van der Waals surface area contributed by atoms with Gasteiger partial charge in [-0.05, 0) is 18.6 Å². The minimum atomic E-state index is 0.345. The van der Waals surface area contributed by atoms with Crippen LogP contribution >= 0.6 is 0 Å². The lowest BCUT2D eigenvalue weighted by atomic mass is 10.1. The highest BCUT2D eigenvalue weighted by Crippen LogP contribution is 2.25. The van der Waals surface area contributed by atoms with Gasteiger partial charge < -0.3 is 9.80 Å². The third-order valence-corrected chi connectivity index (χ3v) is 3.62. The van der Waals surface area contributed by atoms with Gasteiger partial charge in [0, 0.05) is 37.8 Å². The van der Waals surface area contributed by atoms with Crippen LogP contribution in [-0.4, -0.2) is 36.5 Å². The molecule has 1 amide bonds. The van der Waals surface area contributed by atoms with Gasteiger partial charge in [0.15, 0.2) is 0 Å². The van der Waals surface area contributed by atoms with Crippen molar-refractivity contribution in [3.63, 3.8) is 0 Å². The molecule has 16 heavy (non-hydrogen) atoms. The second kappa shape index (κ2) is 3.81. The zero-order chi connectivity index (χ0) is 11.0. The van der Waals surface area contributed by atoms with Crippen molar-refractivity contribution in [1.29, 1.82) is 0 Å². The van der Waals surface area contributed by atoms with Crippen LogP contribution in [0.5, 0.6) is 0 Å². The average Bonchev–Trinajstić information content (AvgIpc) is 2.72. The summed E-state index contributed by atoms with van der Waals surface area (Å²) < 4.78 is 0. The van der Waals surface area contributed by atoms with Crippen LogP contribution in [0.3, 0.4) is 0 Å². The number of amides is 1. The molecule has 1 aromatic carbocycles. The lowest BCUT2D eigenvalue weighted by Gasteiger charge is -2.38. The number of rotatable bonds is 1. The molecule has 0 radical (unpaired) electrons. The van der Waals surface area contributed by atoms with Crippen molar-refractivity contribution in [1.82, 2.24) is 4.90 Å². The summed E-state index contributed by atoms with van der Waals surface area (Å²) in [5.41, 5.74) is 1.28. The third-order valence-electron chi connectivity index (χ3n) is 3.62. The van der Waals surface area contributed by atoms with Crippen molar-refractivity contribution in [2.45, 2.75) is 18.9 Å². The molecule has 2 aliphatic heterocycles. The Balaban J connectivity index is 1.75. The van der Waals surface area contributed by atoms with Gasteiger partial charge in [-0.15, -0.1) is 0 Å². The Morgan fingerprint density at radius 1 is 1.12 bits per heavy atom. The molecule has 2 aliphatic rings. The van der Waals surface area contributed by atoms with Gasteiger partial charge in [0.2, 0.25) is 5.91 Å². The Kier molecular flexibility index (Phi) is 2.31. The highest BCUT2D eigenvalue weighted by Gasteiger charge is 2.35. The van der Waals surface area contributed by atoms with E-state index in [9.17, 15) is 4.79 Å². The Hall–Kier alpha value is -1.51. The predicted octanol–water partition coefficient (Wildman–Crippen LogP) is 1.50. The van der Waals surface area contributed by atoms with Gasteiger partial charge in [-0.3, -0.25) is 4.79 Å². The van der Waals surface area contributed by atoms with Crippen LogP contribution in [0.25, 0.3) is 0 Å². The molecule has 2 fully saturated rings. The molecule has 1 aromatic rings. The summed E-state index contributed by atoms with van der Waals surface area (Å²) in [6.07, 6.45) is 1.77. The second-order valence-electron chi connectivity index (χ2n) is 4.56. The molecule has 0 spiro atoms. The van der Waals surface area contributed by atoms with Gasteiger partial charge >= 0.3 is 0 Å². The first-order valence-corrected chi connectivity index (χ1v) is 5.94. The first-order chi connectivity index (χ1) is 7.84. The highest BCUT2D eigenvalue weighted by atomic mass is 16.2. The van der Waals surface area contributed by atoms with Crippen molar-refractivity contribution >= 4 is 11.6 Å². The van der Waals surface area contributed by atoms with Crippen LogP contribution in [0, 0.1) is 0 Å². The number of hydrogen-bond donors (Lipinski definition) is 0. The Morgan fingerprint density at radius 3 is 2.75 bits per heavy atom. The minimum absolute atomic E-state index is 0.345. The normalized spacial score (nSPS) is 24.8. The van der Waals surface area contributed by atoms with Crippen molar-refractivity contribution in [2.75, 3.05) is 24.5 Å². The summed E-state index contributed by atoms with van der Waals surface area (Å²) in [5, 5.41) is 0. The molecule has 0 unspecified atom stereocenters. The molecule has 0 aliphatic carbocycles. The number of piperazine rings is 1. The lowest BCUT2D eigenvalue weighted by Crippen LogP contribution is -2.51. The maximum Gasteiger partial charge on any atom is 0.223 e. The number of carbonyl (C=O) groups excluding carboxylic acids is 1. The summed E-state index contributed by atoms with van der Waals surface area (Å²) in [5.74, 6) is 0.345. The molecule has 3 nitrogen and oxygen atoms in total. The van der Waals surface area contributed by atoms with Gasteiger partial charge in [0.1, 0.15) is 0 Å². The van der Waals surface area contributed by atoms with E-state index in [-0.39, 0.29) is 0 Å². The monoisotopic (exact) mass is 216 g/mol. The number of benzene rings is 1. The molecule has 0 saturated carbocycles. The number of anilines is 1.